The van der Waals surface area contributed by atoms with Crippen LogP contribution < -0.4 is 10.0 Å². The van der Waals surface area contributed by atoms with Gasteiger partial charge in [-0.15, -0.1) is 0 Å². The van der Waals surface area contributed by atoms with Crippen LogP contribution in [0, 0.1) is 0 Å². The number of carbonyl (C=O) groups is 1. The van der Waals surface area contributed by atoms with Crippen molar-refractivity contribution in [1.82, 2.24) is 0 Å². The zero-order valence-electron chi connectivity index (χ0n) is 11.4. The number of para-hydroxylation sites is 1. The SMILES string of the molecule is COC(=O)C(C)S(=O)(=O)N(C)c1ccccc1C(N)=S. The average molecular weight is 316 g/mol. The Bertz CT molecular complexity index is 628. The molecule has 0 saturated heterocycles. The minimum Gasteiger partial charge on any atom is -0.468 e. The molecule has 1 atom stereocenters. The van der Waals surface area contributed by atoms with Gasteiger partial charge in [0.2, 0.25) is 10.0 Å². The molecule has 1 rings (SSSR count). The lowest BCUT2D eigenvalue weighted by Crippen LogP contribution is -2.40. The number of hydrogen-bond acceptors (Lipinski definition) is 5. The van der Waals surface area contributed by atoms with Gasteiger partial charge in [-0.2, -0.15) is 0 Å². The predicted molar refractivity (Wildman–Crippen MR) is 81.1 cm³/mol. The Hall–Kier alpha value is -1.67. The van der Waals surface area contributed by atoms with Crippen molar-refractivity contribution in [3.63, 3.8) is 0 Å². The number of benzene rings is 1. The van der Waals surface area contributed by atoms with Crippen LogP contribution in [0.15, 0.2) is 24.3 Å². The van der Waals surface area contributed by atoms with Crippen LogP contribution in [0.25, 0.3) is 0 Å². The number of carbonyl (C=O) groups excluding carboxylic acids is 1. The zero-order valence-corrected chi connectivity index (χ0v) is 13.0. The fourth-order valence-electron chi connectivity index (χ4n) is 1.62. The lowest BCUT2D eigenvalue weighted by Gasteiger charge is -2.24. The topological polar surface area (TPSA) is 89.7 Å². The Balaban J connectivity index is 3.28. The van der Waals surface area contributed by atoms with Crippen LogP contribution in [0.1, 0.15) is 12.5 Å². The molecule has 110 valence electrons. The summed E-state index contributed by atoms with van der Waals surface area (Å²) in [5.74, 6) is -0.829. The quantitative estimate of drug-likeness (QED) is 0.633. The summed E-state index contributed by atoms with van der Waals surface area (Å²) in [6.07, 6.45) is 0. The monoisotopic (exact) mass is 316 g/mol. The molecule has 0 bridgehead atoms. The molecule has 0 heterocycles. The van der Waals surface area contributed by atoms with Crippen LogP contribution in [-0.2, 0) is 19.6 Å². The van der Waals surface area contributed by atoms with Crippen molar-refractivity contribution in [3.8, 4) is 0 Å². The molecule has 8 heteroatoms. The van der Waals surface area contributed by atoms with Gasteiger partial charge in [0.1, 0.15) is 4.99 Å². The lowest BCUT2D eigenvalue weighted by molar-refractivity contribution is -0.139. The van der Waals surface area contributed by atoms with Gasteiger partial charge in [0, 0.05) is 12.6 Å². The highest BCUT2D eigenvalue weighted by Crippen LogP contribution is 2.23. The first kappa shape index (κ1) is 16.4. The molecule has 0 spiro atoms. The van der Waals surface area contributed by atoms with E-state index < -0.39 is 21.2 Å². The van der Waals surface area contributed by atoms with Crippen LogP contribution in [0.3, 0.4) is 0 Å². The Morgan fingerprint density at radius 3 is 2.45 bits per heavy atom. The number of hydrogen-bond donors (Lipinski definition) is 1. The van der Waals surface area contributed by atoms with Crippen LogP contribution in [0.2, 0.25) is 0 Å². The van der Waals surface area contributed by atoms with Gasteiger partial charge in [0.15, 0.2) is 5.25 Å². The zero-order chi connectivity index (χ0) is 15.5. The highest BCUT2D eigenvalue weighted by atomic mass is 32.2. The summed E-state index contributed by atoms with van der Waals surface area (Å²) in [7, 11) is -1.44. The van der Waals surface area contributed by atoms with Gasteiger partial charge in [-0.05, 0) is 19.1 Å². The highest BCUT2D eigenvalue weighted by molar-refractivity contribution is 7.94. The van der Waals surface area contributed by atoms with Crippen molar-refractivity contribution in [2.45, 2.75) is 12.2 Å². The summed E-state index contributed by atoms with van der Waals surface area (Å²) >= 11 is 4.90. The third-order valence-electron chi connectivity index (χ3n) is 2.87. The van der Waals surface area contributed by atoms with E-state index in [2.05, 4.69) is 4.74 Å². The Kier molecular flexibility index (Phi) is 5.07. The second-order valence-electron chi connectivity index (χ2n) is 4.06. The third-order valence-corrected chi connectivity index (χ3v) is 5.14. The van der Waals surface area contributed by atoms with Crippen LogP contribution in [0.5, 0.6) is 0 Å². The number of rotatable bonds is 5. The molecule has 6 nitrogen and oxygen atoms in total. The predicted octanol–water partition coefficient (Wildman–Crippen LogP) is 0.648. The molecule has 0 aliphatic heterocycles. The van der Waals surface area contributed by atoms with Crippen molar-refractivity contribution in [2.75, 3.05) is 18.5 Å². The van der Waals surface area contributed by atoms with E-state index in [1.54, 1.807) is 24.3 Å². The largest absolute Gasteiger partial charge is 0.468 e. The van der Waals surface area contributed by atoms with Crippen molar-refractivity contribution >= 4 is 38.9 Å². The van der Waals surface area contributed by atoms with E-state index in [4.69, 9.17) is 18.0 Å². The van der Waals surface area contributed by atoms with E-state index >= 15 is 0 Å². The summed E-state index contributed by atoms with van der Waals surface area (Å²) in [5.41, 5.74) is 6.31. The van der Waals surface area contributed by atoms with Gasteiger partial charge in [0.05, 0.1) is 12.8 Å². The van der Waals surface area contributed by atoms with E-state index in [0.29, 0.717) is 11.3 Å². The van der Waals surface area contributed by atoms with Gasteiger partial charge < -0.3 is 10.5 Å². The van der Waals surface area contributed by atoms with Gasteiger partial charge in [0.25, 0.3) is 0 Å². The molecule has 0 aliphatic carbocycles. The number of sulfonamides is 1. The second-order valence-corrected chi connectivity index (χ2v) is 6.78. The fourth-order valence-corrected chi connectivity index (χ4v) is 3.04. The third kappa shape index (κ3) is 3.07. The number of anilines is 1. The van der Waals surface area contributed by atoms with Crippen LogP contribution in [-0.4, -0.2) is 38.8 Å². The van der Waals surface area contributed by atoms with Crippen molar-refractivity contribution in [1.29, 1.82) is 0 Å². The fraction of sp³-hybridized carbons (Fsp3) is 0.333. The standard InChI is InChI=1S/C12H16N2O4S2/c1-8(12(15)18-3)20(16,17)14(2)10-7-5-4-6-9(10)11(13)19/h4-8H,1-3H3,(H2,13,19). The molecule has 0 aliphatic rings. The minimum absolute atomic E-state index is 0.0772. The van der Waals surface area contributed by atoms with Crippen LogP contribution in [0.4, 0.5) is 5.69 Å². The molecule has 0 aromatic heterocycles. The maximum Gasteiger partial charge on any atom is 0.325 e. The van der Waals surface area contributed by atoms with E-state index in [1.807, 2.05) is 0 Å². The van der Waals surface area contributed by atoms with Gasteiger partial charge in [-0.1, -0.05) is 24.4 Å². The van der Waals surface area contributed by atoms with Crippen molar-refractivity contribution in [3.05, 3.63) is 29.8 Å². The maximum absolute atomic E-state index is 12.3. The molecule has 2 N–H and O–H groups in total. The summed E-state index contributed by atoms with van der Waals surface area (Å²) in [5, 5.41) is -1.32. The molecule has 1 aromatic rings. The van der Waals surface area contributed by atoms with E-state index in [-0.39, 0.29) is 4.99 Å². The summed E-state index contributed by atoms with van der Waals surface area (Å²) in [6.45, 7) is 1.26. The minimum atomic E-state index is -3.92. The van der Waals surface area contributed by atoms with E-state index in [9.17, 15) is 13.2 Å². The molecule has 0 radical (unpaired) electrons. The molecule has 20 heavy (non-hydrogen) atoms. The highest BCUT2D eigenvalue weighted by Gasteiger charge is 2.33. The molecule has 0 amide bonds. The lowest BCUT2D eigenvalue weighted by atomic mass is 10.2. The smallest absolute Gasteiger partial charge is 0.325 e. The second kappa shape index (κ2) is 6.19. The first-order valence-corrected chi connectivity index (χ1v) is 7.59. The molecular formula is C12H16N2O4S2. The van der Waals surface area contributed by atoms with Gasteiger partial charge >= 0.3 is 5.97 Å². The number of nitrogens with zero attached hydrogens (tertiary/aromatic N) is 1. The first-order valence-electron chi connectivity index (χ1n) is 5.68. The molecule has 0 saturated carbocycles. The Morgan fingerprint density at radius 2 is 1.95 bits per heavy atom. The molecular weight excluding hydrogens is 300 g/mol. The molecule has 1 aromatic carbocycles. The summed E-state index contributed by atoms with van der Waals surface area (Å²) < 4.78 is 30.2. The van der Waals surface area contributed by atoms with Gasteiger partial charge in [-0.25, -0.2) is 8.42 Å². The van der Waals surface area contributed by atoms with Crippen molar-refractivity contribution < 1.29 is 17.9 Å². The molecule has 0 fully saturated rings. The maximum atomic E-state index is 12.3. The Morgan fingerprint density at radius 1 is 1.40 bits per heavy atom. The van der Waals surface area contributed by atoms with Gasteiger partial charge in [-0.3, -0.25) is 9.10 Å². The molecule has 1 unspecified atom stereocenters. The number of nitrogens with two attached hydrogens (primary N) is 1. The Labute approximate surface area is 123 Å². The summed E-state index contributed by atoms with van der Waals surface area (Å²) in [4.78, 5) is 11.5. The van der Waals surface area contributed by atoms with E-state index in [0.717, 1.165) is 11.4 Å². The number of thiocarbonyl (C=S) groups is 1. The summed E-state index contributed by atoms with van der Waals surface area (Å²) in [6, 6.07) is 6.54. The van der Waals surface area contributed by atoms with Crippen molar-refractivity contribution in [2.24, 2.45) is 5.73 Å². The average Bonchev–Trinajstić information content (AvgIpc) is 2.44. The number of methoxy groups -OCH3 is 1. The number of esters is 1. The first-order chi connectivity index (χ1) is 9.23. The van der Waals surface area contributed by atoms with E-state index in [1.165, 1.54) is 14.0 Å². The van der Waals surface area contributed by atoms with Crippen LogP contribution >= 0.6 is 12.2 Å². The number of ether oxygens (including phenoxy) is 1. The normalized spacial score (nSPS) is 12.6.